The zero-order valence-corrected chi connectivity index (χ0v) is 14.4. The molecule has 0 bridgehead atoms. The van der Waals surface area contributed by atoms with Crippen LogP contribution >= 0.6 is 11.3 Å². The second-order valence-electron chi connectivity index (χ2n) is 5.75. The molecule has 1 saturated heterocycles. The predicted octanol–water partition coefficient (Wildman–Crippen LogP) is 3.94. The third kappa shape index (κ3) is 2.97. The number of hydrogen-bond donors (Lipinski definition) is 0. The van der Waals surface area contributed by atoms with Crippen LogP contribution in [0, 0.1) is 5.82 Å². The van der Waals surface area contributed by atoms with E-state index in [4.69, 9.17) is 9.15 Å². The largest absolute Gasteiger partial charge is 0.461 e. The third-order valence-electron chi connectivity index (χ3n) is 4.13. The highest BCUT2D eigenvalue weighted by Gasteiger charge is 2.32. The summed E-state index contributed by atoms with van der Waals surface area (Å²) in [6, 6.07) is 4.73. The highest BCUT2D eigenvalue weighted by molar-refractivity contribution is 7.10. The van der Waals surface area contributed by atoms with Gasteiger partial charge < -0.3 is 14.1 Å². The maximum absolute atomic E-state index is 13.4. The molecule has 25 heavy (non-hydrogen) atoms. The van der Waals surface area contributed by atoms with E-state index in [1.54, 1.807) is 18.4 Å². The number of rotatable bonds is 4. The van der Waals surface area contributed by atoms with Crippen LogP contribution in [0.3, 0.4) is 0 Å². The van der Waals surface area contributed by atoms with Crippen molar-refractivity contribution >= 4 is 34.4 Å². The molecule has 1 fully saturated rings. The summed E-state index contributed by atoms with van der Waals surface area (Å²) in [6.45, 7) is 2.86. The van der Waals surface area contributed by atoms with Gasteiger partial charge in [-0.05, 0) is 31.9 Å². The van der Waals surface area contributed by atoms with Gasteiger partial charge in [0.15, 0.2) is 11.3 Å². The van der Waals surface area contributed by atoms with Gasteiger partial charge in [-0.1, -0.05) is 0 Å². The number of nitrogens with zero attached hydrogens (tertiary/aromatic N) is 3. The summed E-state index contributed by atoms with van der Waals surface area (Å²) < 4.78 is 24.1. The molecule has 130 valence electrons. The van der Waals surface area contributed by atoms with Gasteiger partial charge in [-0.2, -0.15) is 4.98 Å². The number of oxazole rings is 1. The van der Waals surface area contributed by atoms with Crippen molar-refractivity contribution in [1.29, 1.82) is 0 Å². The molecule has 6 nitrogen and oxygen atoms in total. The van der Waals surface area contributed by atoms with Gasteiger partial charge in [0.25, 0.3) is 6.01 Å². The molecular formula is C17H16FN3O3S. The number of carbonyl (C=O) groups excluding carboxylic acids is 1. The predicted molar refractivity (Wildman–Crippen MR) is 91.4 cm³/mol. The van der Waals surface area contributed by atoms with Gasteiger partial charge in [0.1, 0.15) is 16.3 Å². The van der Waals surface area contributed by atoms with Gasteiger partial charge in [-0.25, -0.2) is 14.2 Å². The van der Waals surface area contributed by atoms with Crippen LogP contribution in [0.4, 0.5) is 10.4 Å². The van der Waals surface area contributed by atoms with E-state index >= 15 is 0 Å². The van der Waals surface area contributed by atoms with Crippen LogP contribution in [0.15, 0.2) is 28.0 Å². The van der Waals surface area contributed by atoms with E-state index in [-0.39, 0.29) is 11.9 Å². The van der Waals surface area contributed by atoms with Gasteiger partial charge in [0.2, 0.25) is 0 Å². The molecule has 1 aromatic carbocycles. The molecule has 0 aliphatic carbocycles. The highest BCUT2D eigenvalue weighted by atomic mass is 32.1. The fraction of sp³-hybridized carbons (Fsp3) is 0.353. The number of carbonyl (C=O) groups is 1. The Morgan fingerprint density at radius 1 is 1.48 bits per heavy atom. The SMILES string of the molecule is CCOC(=O)c1csc(C2CCCN2c2nc3cc(F)ccc3o2)n1. The monoisotopic (exact) mass is 361 g/mol. The minimum Gasteiger partial charge on any atom is -0.461 e. The number of benzene rings is 1. The van der Waals surface area contributed by atoms with E-state index in [1.807, 2.05) is 4.90 Å². The van der Waals surface area contributed by atoms with Crippen molar-refractivity contribution < 1.29 is 18.3 Å². The van der Waals surface area contributed by atoms with Crippen molar-refractivity contribution in [1.82, 2.24) is 9.97 Å². The maximum atomic E-state index is 13.4. The quantitative estimate of drug-likeness (QED) is 0.656. The number of halogens is 1. The van der Waals surface area contributed by atoms with Crippen molar-refractivity contribution in [2.45, 2.75) is 25.8 Å². The van der Waals surface area contributed by atoms with Crippen molar-refractivity contribution in [3.05, 3.63) is 40.1 Å². The Balaban J connectivity index is 1.62. The lowest BCUT2D eigenvalue weighted by atomic mass is 10.2. The zero-order chi connectivity index (χ0) is 17.4. The van der Waals surface area contributed by atoms with Crippen LogP contribution in [-0.2, 0) is 4.74 Å². The fourth-order valence-corrected chi connectivity index (χ4v) is 3.94. The van der Waals surface area contributed by atoms with Crippen LogP contribution in [0.2, 0.25) is 0 Å². The lowest BCUT2D eigenvalue weighted by Crippen LogP contribution is -2.22. The van der Waals surface area contributed by atoms with Crippen LogP contribution < -0.4 is 4.90 Å². The normalized spacial score (nSPS) is 17.4. The molecule has 0 N–H and O–H groups in total. The van der Waals surface area contributed by atoms with Crippen molar-refractivity contribution in [2.75, 3.05) is 18.1 Å². The van der Waals surface area contributed by atoms with Gasteiger partial charge in [-0.3, -0.25) is 0 Å². The fourth-order valence-electron chi connectivity index (χ4n) is 3.00. The first-order valence-corrected chi connectivity index (χ1v) is 8.99. The molecule has 0 spiro atoms. The topological polar surface area (TPSA) is 68.5 Å². The molecule has 1 aliphatic heterocycles. The molecule has 3 aromatic rings. The minimum atomic E-state index is -0.410. The summed E-state index contributed by atoms with van der Waals surface area (Å²) in [5.74, 6) is -0.754. The Labute approximate surface area is 147 Å². The molecule has 2 aromatic heterocycles. The number of anilines is 1. The molecule has 0 saturated carbocycles. The number of esters is 1. The average Bonchev–Trinajstić information content (AvgIpc) is 3.32. The molecule has 1 aliphatic rings. The Hall–Kier alpha value is -2.48. The molecule has 8 heteroatoms. The summed E-state index contributed by atoms with van der Waals surface area (Å²) in [5.41, 5.74) is 1.37. The molecule has 4 rings (SSSR count). The Bertz CT molecular complexity index is 923. The Morgan fingerprint density at radius 3 is 3.20 bits per heavy atom. The summed E-state index contributed by atoms with van der Waals surface area (Å²) in [6.07, 6.45) is 1.86. The van der Waals surface area contributed by atoms with E-state index in [9.17, 15) is 9.18 Å². The Morgan fingerprint density at radius 2 is 2.36 bits per heavy atom. The number of hydrogen-bond acceptors (Lipinski definition) is 7. The van der Waals surface area contributed by atoms with Gasteiger partial charge in [0.05, 0.1) is 12.6 Å². The number of aromatic nitrogens is 2. The third-order valence-corrected chi connectivity index (χ3v) is 5.07. The first-order chi connectivity index (χ1) is 12.2. The molecule has 0 amide bonds. The lowest BCUT2D eigenvalue weighted by Gasteiger charge is -2.20. The second kappa shape index (κ2) is 6.44. The van der Waals surface area contributed by atoms with Crippen molar-refractivity contribution in [3.8, 4) is 0 Å². The summed E-state index contributed by atoms with van der Waals surface area (Å²) >= 11 is 1.43. The number of thiazole rings is 1. The molecule has 0 radical (unpaired) electrons. The van der Waals surface area contributed by atoms with E-state index in [1.165, 1.54) is 23.5 Å². The molecule has 1 unspecified atom stereocenters. The van der Waals surface area contributed by atoms with Gasteiger partial charge in [0, 0.05) is 18.0 Å². The first kappa shape index (κ1) is 16.0. The van der Waals surface area contributed by atoms with Gasteiger partial charge >= 0.3 is 5.97 Å². The standard InChI is InChI=1S/C17H16FN3O3S/c1-2-23-16(22)12-9-25-15(19-12)13-4-3-7-21(13)17-20-11-8-10(18)5-6-14(11)24-17/h5-6,8-9,13H,2-4,7H2,1H3. The lowest BCUT2D eigenvalue weighted by molar-refractivity contribution is 0.0520. The van der Waals surface area contributed by atoms with E-state index in [0.717, 1.165) is 24.4 Å². The smallest absolute Gasteiger partial charge is 0.357 e. The van der Waals surface area contributed by atoms with Crippen LogP contribution in [0.5, 0.6) is 0 Å². The van der Waals surface area contributed by atoms with Crippen LogP contribution in [0.25, 0.3) is 11.1 Å². The van der Waals surface area contributed by atoms with E-state index in [2.05, 4.69) is 9.97 Å². The zero-order valence-electron chi connectivity index (χ0n) is 13.6. The number of fused-ring (bicyclic) bond motifs is 1. The molecular weight excluding hydrogens is 345 g/mol. The minimum absolute atomic E-state index is 0.00825. The van der Waals surface area contributed by atoms with E-state index < -0.39 is 5.97 Å². The summed E-state index contributed by atoms with van der Waals surface area (Å²) in [5, 5.41) is 2.54. The average molecular weight is 361 g/mol. The molecule has 3 heterocycles. The van der Waals surface area contributed by atoms with E-state index in [0.29, 0.717) is 29.4 Å². The second-order valence-corrected chi connectivity index (χ2v) is 6.64. The number of ether oxygens (including phenoxy) is 1. The van der Waals surface area contributed by atoms with Crippen molar-refractivity contribution in [3.63, 3.8) is 0 Å². The summed E-state index contributed by atoms with van der Waals surface area (Å²) in [4.78, 5) is 22.7. The molecule has 1 atom stereocenters. The van der Waals surface area contributed by atoms with Crippen LogP contribution in [-0.4, -0.2) is 29.1 Å². The maximum Gasteiger partial charge on any atom is 0.357 e. The van der Waals surface area contributed by atoms with Gasteiger partial charge in [-0.15, -0.1) is 11.3 Å². The summed E-state index contributed by atoms with van der Waals surface area (Å²) in [7, 11) is 0. The Kier molecular flexibility index (Phi) is 4.12. The highest BCUT2D eigenvalue weighted by Crippen LogP contribution is 2.38. The van der Waals surface area contributed by atoms with Crippen molar-refractivity contribution in [2.24, 2.45) is 0 Å². The van der Waals surface area contributed by atoms with Crippen LogP contribution in [0.1, 0.15) is 41.3 Å². The first-order valence-electron chi connectivity index (χ1n) is 8.11.